The van der Waals surface area contributed by atoms with E-state index in [9.17, 15) is 0 Å². The molecule has 16 heavy (non-hydrogen) atoms. The van der Waals surface area contributed by atoms with Crippen molar-refractivity contribution >= 4 is 0 Å². The summed E-state index contributed by atoms with van der Waals surface area (Å²) in [6.45, 7) is 4.67. The molecule has 0 aromatic carbocycles. The van der Waals surface area contributed by atoms with Crippen LogP contribution in [0.5, 0.6) is 0 Å². The second-order valence-corrected chi connectivity index (χ2v) is 5.23. The summed E-state index contributed by atoms with van der Waals surface area (Å²) in [5, 5.41) is 3.44. The number of aryl methyl sites for hydroxylation is 1. The minimum absolute atomic E-state index is 0.663. The van der Waals surface area contributed by atoms with E-state index in [1.54, 1.807) is 0 Å². The predicted molar refractivity (Wildman–Crippen MR) is 64.7 cm³/mol. The van der Waals surface area contributed by atoms with E-state index in [0.717, 1.165) is 5.92 Å². The van der Waals surface area contributed by atoms with Crippen molar-refractivity contribution in [3.63, 3.8) is 0 Å². The van der Waals surface area contributed by atoms with Gasteiger partial charge in [0, 0.05) is 30.3 Å². The predicted octanol–water partition coefficient (Wildman–Crippen LogP) is 2.25. The van der Waals surface area contributed by atoms with Gasteiger partial charge in [0.25, 0.3) is 0 Å². The Morgan fingerprint density at radius 1 is 1.31 bits per heavy atom. The monoisotopic (exact) mass is 219 g/mol. The topological polar surface area (TPSA) is 29.9 Å². The quantitative estimate of drug-likeness (QED) is 0.785. The van der Waals surface area contributed by atoms with E-state index in [1.807, 2.05) is 0 Å². The van der Waals surface area contributed by atoms with Gasteiger partial charge in [0.15, 0.2) is 0 Å². The van der Waals surface area contributed by atoms with E-state index < -0.39 is 0 Å². The van der Waals surface area contributed by atoms with Gasteiger partial charge in [0.05, 0.1) is 0 Å². The number of rotatable bonds is 1. The normalized spacial score (nSPS) is 26.7. The molecule has 3 rings (SSSR count). The fourth-order valence-corrected chi connectivity index (χ4v) is 3.21. The van der Waals surface area contributed by atoms with Crippen molar-refractivity contribution in [3.05, 3.63) is 17.7 Å². The van der Waals surface area contributed by atoms with Gasteiger partial charge in [-0.1, -0.05) is 0 Å². The lowest BCUT2D eigenvalue weighted by Crippen LogP contribution is -2.28. The molecule has 3 heterocycles. The summed E-state index contributed by atoms with van der Waals surface area (Å²) < 4.78 is 2.53. The minimum Gasteiger partial charge on any atom is -0.329 e. The summed E-state index contributed by atoms with van der Waals surface area (Å²) in [7, 11) is 0. The van der Waals surface area contributed by atoms with Crippen LogP contribution in [0.2, 0.25) is 0 Å². The molecule has 1 N–H and O–H groups in total. The Kier molecular flexibility index (Phi) is 2.72. The Bertz CT molecular complexity index is 363. The molecular formula is C13H21N3. The SMILES string of the molecule is CC1CCCc2ncc(C3CCNCC3)n21. The van der Waals surface area contributed by atoms with Crippen molar-refractivity contribution in [1.29, 1.82) is 0 Å². The molecule has 0 amide bonds. The van der Waals surface area contributed by atoms with Gasteiger partial charge in [0.1, 0.15) is 5.82 Å². The Hall–Kier alpha value is -0.830. The molecule has 1 aromatic rings. The maximum atomic E-state index is 4.62. The summed E-state index contributed by atoms with van der Waals surface area (Å²) in [5.41, 5.74) is 1.50. The number of imidazole rings is 1. The number of hydrogen-bond acceptors (Lipinski definition) is 2. The molecule has 1 saturated heterocycles. The zero-order valence-electron chi connectivity index (χ0n) is 10.1. The van der Waals surface area contributed by atoms with Crippen LogP contribution < -0.4 is 5.32 Å². The Morgan fingerprint density at radius 2 is 2.12 bits per heavy atom. The number of aromatic nitrogens is 2. The van der Waals surface area contributed by atoms with Gasteiger partial charge in [-0.2, -0.15) is 0 Å². The van der Waals surface area contributed by atoms with Gasteiger partial charge in [-0.25, -0.2) is 4.98 Å². The van der Waals surface area contributed by atoms with Gasteiger partial charge in [-0.3, -0.25) is 0 Å². The fourth-order valence-electron chi connectivity index (χ4n) is 3.21. The molecule has 3 heteroatoms. The summed E-state index contributed by atoms with van der Waals surface area (Å²) >= 11 is 0. The first-order valence-electron chi connectivity index (χ1n) is 6.63. The number of fused-ring (bicyclic) bond motifs is 1. The molecule has 2 aliphatic heterocycles. The van der Waals surface area contributed by atoms with Crippen LogP contribution in [-0.2, 0) is 6.42 Å². The van der Waals surface area contributed by atoms with Gasteiger partial charge in [-0.15, -0.1) is 0 Å². The van der Waals surface area contributed by atoms with Crippen LogP contribution in [0.3, 0.4) is 0 Å². The van der Waals surface area contributed by atoms with E-state index in [4.69, 9.17) is 0 Å². The van der Waals surface area contributed by atoms with Crippen LogP contribution in [0.15, 0.2) is 6.20 Å². The van der Waals surface area contributed by atoms with Crippen molar-refractivity contribution in [3.8, 4) is 0 Å². The van der Waals surface area contributed by atoms with Gasteiger partial charge >= 0.3 is 0 Å². The zero-order valence-corrected chi connectivity index (χ0v) is 10.1. The van der Waals surface area contributed by atoms with E-state index in [2.05, 4.69) is 28.0 Å². The van der Waals surface area contributed by atoms with Crippen LogP contribution in [0, 0.1) is 0 Å². The van der Waals surface area contributed by atoms with Crippen molar-refractivity contribution in [2.75, 3.05) is 13.1 Å². The average Bonchev–Trinajstić information content (AvgIpc) is 2.75. The molecule has 0 spiro atoms. The van der Waals surface area contributed by atoms with E-state index in [0.29, 0.717) is 6.04 Å². The Morgan fingerprint density at radius 3 is 2.94 bits per heavy atom. The molecule has 1 unspecified atom stereocenters. The van der Waals surface area contributed by atoms with Crippen molar-refractivity contribution in [2.24, 2.45) is 0 Å². The van der Waals surface area contributed by atoms with Crippen molar-refractivity contribution in [2.45, 2.75) is 51.0 Å². The van der Waals surface area contributed by atoms with Gasteiger partial charge in [-0.05, 0) is 45.7 Å². The molecule has 1 atom stereocenters. The number of piperidine rings is 1. The second kappa shape index (κ2) is 4.21. The third-order valence-electron chi connectivity index (χ3n) is 4.12. The lowest BCUT2D eigenvalue weighted by atomic mass is 9.94. The van der Waals surface area contributed by atoms with Crippen LogP contribution in [0.1, 0.15) is 56.1 Å². The second-order valence-electron chi connectivity index (χ2n) is 5.23. The molecule has 2 aliphatic rings. The Balaban J connectivity index is 1.91. The van der Waals surface area contributed by atoms with Gasteiger partial charge < -0.3 is 9.88 Å². The summed E-state index contributed by atoms with van der Waals surface area (Å²) in [6.07, 6.45) is 8.50. The zero-order chi connectivity index (χ0) is 11.0. The fraction of sp³-hybridized carbons (Fsp3) is 0.769. The molecule has 0 radical (unpaired) electrons. The number of hydrogen-bond donors (Lipinski definition) is 1. The maximum Gasteiger partial charge on any atom is 0.109 e. The van der Waals surface area contributed by atoms with Crippen LogP contribution in [0.25, 0.3) is 0 Å². The maximum absolute atomic E-state index is 4.62. The van der Waals surface area contributed by atoms with Gasteiger partial charge in [0.2, 0.25) is 0 Å². The summed E-state index contributed by atoms with van der Waals surface area (Å²) in [5.74, 6) is 2.07. The lowest BCUT2D eigenvalue weighted by Gasteiger charge is -2.29. The highest BCUT2D eigenvalue weighted by molar-refractivity contribution is 5.15. The first-order chi connectivity index (χ1) is 7.86. The molecule has 0 bridgehead atoms. The standard InChI is InChI=1S/C13H21N3/c1-10-3-2-4-13-15-9-12(16(10)13)11-5-7-14-8-6-11/h9-11,14H,2-8H2,1H3. The molecule has 1 fully saturated rings. The third-order valence-corrected chi connectivity index (χ3v) is 4.12. The summed E-state index contributed by atoms with van der Waals surface area (Å²) in [4.78, 5) is 4.62. The minimum atomic E-state index is 0.663. The van der Waals surface area contributed by atoms with Crippen molar-refractivity contribution in [1.82, 2.24) is 14.9 Å². The van der Waals surface area contributed by atoms with E-state index in [1.165, 1.54) is 56.7 Å². The highest BCUT2D eigenvalue weighted by Gasteiger charge is 2.25. The highest BCUT2D eigenvalue weighted by Crippen LogP contribution is 2.32. The van der Waals surface area contributed by atoms with E-state index in [-0.39, 0.29) is 0 Å². The highest BCUT2D eigenvalue weighted by atomic mass is 15.1. The molecule has 1 aromatic heterocycles. The smallest absolute Gasteiger partial charge is 0.109 e. The molecular weight excluding hydrogens is 198 g/mol. The number of nitrogens with one attached hydrogen (secondary N) is 1. The molecule has 88 valence electrons. The molecule has 3 nitrogen and oxygen atoms in total. The van der Waals surface area contributed by atoms with E-state index >= 15 is 0 Å². The Labute approximate surface area is 97.3 Å². The average molecular weight is 219 g/mol. The first kappa shape index (κ1) is 10.3. The lowest BCUT2D eigenvalue weighted by molar-refractivity contribution is 0.380. The molecule has 0 saturated carbocycles. The third kappa shape index (κ3) is 1.67. The summed E-state index contributed by atoms with van der Waals surface area (Å²) in [6, 6.07) is 0.663. The molecule has 0 aliphatic carbocycles. The van der Waals surface area contributed by atoms with Crippen LogP contribution >= 0.6 is 0 Å². The first-order valence-corrected chi connectivity index (χ1v) is 6.63. The largest absolute Gasteiger partial charge is 0.329 e. The van der Waals surface area contributed by atoms with Crippen LogP contribution in [0.4, 0.5) is 0 Å². The number of nitrogens with zero attached hydrogens (tertiary/aromatic N) is 2. The van der Waals surface area contributed by atoms with Crippen molar-refractivity contribution < 1.29 is 0 Å². The van der Waals surface area contributed by atoms with Crippen LogP contribution in [-0.4, -0.2) is 22.6 Å².